The van der Waals surface area contributed by atoms with Crippen molar-refractivity contribution in [2.24, 2.45) is 11.3 Å². The molecule has 1 unspecified atom stereocenters. The maximum Gasteiger partial charge on any atom is 0.352 e. The molecule has 0 aromatic rings. The van der Waals surface area contributed by atoms with Crippen LogP contribution in [0.5, 0.6) is 0 Å². The van der Waals surface area contributed by atoms with Crippen molar-refractivity contribution in [3.8, 4) is 0 Å². The van der Waals surface area contributed by atoms with Gasteiger partial charge in [0, 0.05) is 12.5 Å². The van der Waals surface area contributed by atoms with Crippen LogP contribution in [-0.4, -0.2) is 30.1 Å². The molecule has 1 fully saturated rings. The molecule has 1 rings (SSSR count). The lowest BCUT2D eigenvalue weighted by Crippen LogP contribution is -2.29. The normalized spacial score (nSPS) is 19.5. The van der Waals surface area contributed by atoms with Crippen LogP contribution < -0.4 is 10.6 Å². The minimum atomic E-state index is -1.07. The quantitative estimate of drug-likeness (QED) is 0.311. The van der Waals surface area contributed by atoms with Crippen molar-refractivity contribution < 1.29 is 14.7 Å². The number of unbranched alkanes of at least 4 members (excludes halogenated alkanes) is 3. The largest absolute Gasteiger partial charge is 0.477 e. The number of carbonyl (C=O) groups excluding carboxylic acids is 1. The lowest BCUT2D eigenvalue weighted by Gasteiger charge is -2.07. The Hall–Kier alpha value is -1.62. The molecule has 5 heteroatoms. The van der Waals surface area contributed by atoms with Crippen LogP contribution in [0.15, 0.2) is 24.4 Å². The number of hydrogen-bond acceptors (Lipinski definition) is 3. The molecule has 0 aromatic heterocycles. The molecule has 22 heavy (non-hydrogen) atoms. The molecule has 1 atom stereocenters. The van der Waals surface area contributed by atoms with E-state index in [1.165, 1.54) is 0 Å². The van der Waals surface area contributed by atoms with Gasteiger partial charge in [0.2, 0.25) is 5.91 Å². The van der Waals surface area contributed by atoms with Gasteiger partial charge in [0.25, 0.3) is 0 Å². The molecule has 3 N–H and O–H groups in total. The molecular weight excluding hydrogens is 280 g/mol. The SMILES string of the molecule is C=CCNCCCCC/C=C(/NC(=O)C1CC1(C)C)C(=O)O. The van der Waals surface area contributed by atoms with E-state index in [4.69, 9.17) is 5.11 Å². The molecule has 0 radical (unpaired) electrons. The number of amides is 1. The predicted octanol–water partition coefficient (Wildman–Crippen LogP) is 2.45. The monoisotopic (exact) mass is 308 g/mol. The van der Waals surface area contributed by atoms with Crippen LogP contribution in [0, 0.1) is 11.3 Å². The van der Waals surface area contributed by atoms with Crippen LogP contribution in [0.25, 0.3) is 0 Å². The maximum absolute atomic E-state index is 11.9. The van der Waals surface area contributed by atoms with Gasteiger partial charge in [-0.2, -0.15) is 0 Å². The van der Waals surface area contributed by atoms with Crippen molar-refractivity contribution in [3.05, 3.63) is 24.4 Å². The summed E-state index contributed by atoms with van der Waals surface area (Å²) in [5.74, 6) is -1.31. The zero-order valence-electron chi connectivity index (χ0n) is 13.7. The van der Waals surface area contributed by atoms with E-state index in [0.29, 0.717) is 6.42 Å². The average Bonchev–Trinajstić information content (AvgIpc) is 3.09. The number of carboxylic acid groups (broad SMARTS) is 1. The number of nitrogens with one attached hydrogen (secondary N) is 2. The van der Waals surface area contributed by atoms with E-state index in [9.17, 15) is 9.59 Å². The smallest absolute Gasteiger partial charge is 0.352 e. The van der Waals surface area contributed by atoms with E-state index in [1.807, 2.05) is 19.9 Å². The lowest BCUT2D eigenvalue weighted by molar-refractivity contribution is -0.135. The Morgan fingerprint density at radius 3 is 2.55 bits per heavy atom. The summed E-state index contributed by atoms with van der Waals surface area (Å²) in [5.41, 5.74) is 0.0176. The van der Waals surface area contributed by atoms with Crippen LogP contribution in [0.3, 0.4) is 0 Å². The van der Waals surface area contributed by atoms with Crippen molar-refractivity contribution in [2.45, 2.75) is 46.0 Å². The highest BCUT2D eigenvalue weighted by atomic mass is 16.4. The lowest BCUT2D eigenvalue weighted by atomic mass is 10.1. The van der Waals surface area contributed by atoms with E-state index in [0.717, 1.165) is 38.8 Å². The minimum Gasteiger partial charge on any atom is -0.477 e. The second-order valence-electron chi connectivity index (χ2n) is 6.50. The number of carbonyl (C=O) groups is 2. The van der Waals surface area contributed by atoms with Crippen molar-refractivity contribution in [1.82, 2.24) is 10.6 Å². The van der Waals surface area contributed by atoms with Crippen molar-refractivity contribution in [1.29, 1.82) is 0 Å². The van der Waals surface area contributed by atoms with Crippen LogP contribution in [0.4, 0.5) is 0 Å². The highest BCUT2D eigenvalue weighted by molar-refractivity contribution is 5.94. The third kappa shape index (κ3) is 6.43. The van der Waals surface area contributed by atoms with E-state index in [-0.39, 0.29) is 22.9 Å². The van der Waals surface area contributed by atoms with Crippen molar-refractivity contribution in [3.63, 3.8) is 0 Å². The van der Waals surface area contributed by atoms with Gasteiger partial charge in [-0.25, -0.2) is 4.79 Å². The Labute approximate surface area is 132 Å². The summed E-state index contributed by atoms with van der Waals surface area (Å²) in [6, 6.07) is 0. The molecule has 5 nitrogen and oxygen atoms in total. The first-order valence-electron chi connectivity index (χ1n) is 7.94. The Morgan fingerprint density at radius 1 is 1.32 bits per heavy atom. The number of hydrogen-bond donors (Lipinski definition) is 3. The third-order valence-corrected chi connectivity index (χ3v) is 4.01. The predicted molar refractivity (Wildman–Crippen MR) is 87.3 cm³/mol. The summed E-state index contributed by atoms with van der Waals surface area (Å²) >= 11 is 0. The second kappa shape index (κ2) is 8.73. The Balaban J connectivity index is 2.26. The number of aliphatic carboxylic acids is 1. The standard InChI is InChI=1S/C17H28N2O3/c1-4-10-18-11-8-6-5-7-9-14(16(21)22)19-15(20)13-12-17(13,2)3/h4,9,13,18H,1,5-8,10-12H2,2-3H3,(H,19,20)(H,21,22)/b14-9+. The van der Waals surface area contributed by atoms with Crippen molar-refractivity contribution in [2.75, 3.05) is 13.1 Å². The molecule has 0 spiro atoms. The van der Waals surface area contributed by atoms with E-state index >= 15 is 0 Å². The molecule has 0 bridgehead atoms. The van der Waals surface area contributed by atoms with E-state index < -0.39 is 5.97 Å². The highest BCUT2D eigenvalue weighted by Gasteiger charge is 2.50. The van der Waals surface area contributed by atoms with Gasteiger partial charge in [-0.1, -0.05) is 32.4 Å². The van der Waals surface area contributed by atoms with E-state index in [1.54, 1.807) is 6.08 Å². The van der Waals surface area contributed by atoms with Crippen LogP contribution in [-0.2, 0) is 9.59 Å². The fraction of sp³-hybridized carbons (Fsp3) is 0.647. The van der Waals surface area contributed by atoms with E-state index in [2.05, 4.69) is 17.2 Å². The fourth-order valence-corrected chi connectivity index (χ4v) is 2.35. The fourth-order valence-electron chi connectivity index (χ4n) is 2.35. The van der Waals surface area contributed by atoms with Crippen LogP contribution in [0.1, 0.15) is 46.0 Å². The highest BCUT2D eigenvalue weighted by Crippen LogP contribution is 2.51. The van der Waals surface area contributed by atoms with Crippen LogP contribution in [0.2, 0.25) is 0 Å². The van der Waals surface area contributed by atoms with Gasteiger partial charge in [0.15, 0.2) is 0 Å². The molecule has 1 aliphatic carbocycles. The summed E-state index contributed by atoms with van der Waals surface area (Å²) < 4.78 is 0. The van der Waals surface area contributed by atoms with Gasteiger partial charge in [-0.05, 0) is 37.6 Å². The molecule has 1 saturated carbocycles. The Morgan fingerprint density at radius 2 is 2.00 bits per heavy atom. The Bertz CT molecular complexity index is 441. The summed E-state index contributed by atoms with van der Waals surface area (Å²) in [5, 5.41) is 14.9. The molecule has 1 amide bonds. The third-order valence-electron chi connectivity index (χ3n) is 4.01. The average molecular weight is 308 g/mol. The minimum absolute atomic E-state index is 0.00609. The molecule has 0 heterocycles. The summed E-state index contributed by atoms with van der Waals surface area (Å²) in [6.07, 6.45) is 7.92. The Kier molecular flexibility index (Phi) is 7.32. The first-order chi connectivity index (χ1) is 10.4. The number of rotatable bonds is 11. The molecule has 124 valence electrons. The molecule has 1 aliphatic rings. The zero-order valence-corrected chi connectivity index (χ0v) is 13.7. The summed E-state index contributed by atoms with van der Waals surface area (Å²) in [4.78, 5) is 23.1. The molecule has 0 saturated heterocycles. The topological polar surface area (TPSA) is 78.4 Å². The van der Waals surface area contributed by atoms with Gasteiger partial charge >= 0.3 is 5.97 Å². The van der Waals surface area contributed by atoms with Gasteiger partial charge in [0.05, 0.1) is 0 Å². The zero-order chi connectivity index (χ0) is 16.6. The van der Waals surface area contributed by atoms with Gasteiger partial charge in [-0.15, -0.1) is 6.58 Å². The number of carboxylic acids is 1. The van der Waals surface area contributed by atoms with Gasteiger partial charge in [0.1, 0.15) is 5.70 Å². The maximum atomic E-state index is 11.9. The summed E-state index contributed by atoms with van der Waals surface area (Å²) in [6.45, 7) is 9.42. The first-order valence-corrected chi connectivity index (χ1v) is 7.94. The van der Waals surface area contributed by atoms with Crippen molar-refractivity contribution >= 4 is 11.9 Å². The number of allylic oxidation sites excluding steroid dienone is 1. The molecule has 0 aliphatic heterocycles. The first kappa shape index (κ1) is 18.4. The molecular formula is C17H28N2O3. The van der Waals surface area contributed by atoms with Gasteiger partial charge in [-0.3, -0.25) is 4.79 Å². The summed E-state index contributed by atoms with van der Waals surface area (Å²) in [7, 11) is 0. The molecule has 0 aromatic carbocycles. The second-order valence-corrected chi connectivity index (χ2v) is 6.50. The van der Waals surface area contributed by atoms with Gasteiger partial charge < -0.3 is 15.7 Å². The van der Waals surface area contributed by atoms with Crippen LogP contribution >= 0.6 is 0 Å².